The summed E-state index contributed by atoms with van der Waals surface area (Å²) in [6, 6.07) is 15.5. The highest BCUT2D eigenvalue weighted by atomic mass is 32.2. The van der Waals surface area contributed by atoms with E-state index in [2.05, 4.69) is 9.88 Å². The van der Waals surface area contributed by atoms with Crippen molar-refractivity contribution in [3.8, 4) is 0 Å². The van der Waals surface area contributed by atoms with Crippen LogP contribution < -0.4 is 5.56 Å². The number of fused-ring (bicyclic) bond motifs is 1. The van der Waals surface area contributed by atoms with E-state index in [1.807, 2.05) is 6.07 Å². The van der Waals surface area contributed by atoms with Gasteiger partial charge in [0.1, 0.15) is 5.65 Å². The zero-order valence-corrected chi connectivity index (χ0v) is 15.5. The van der Waals surface area contributed by atoms with Gasteiger partial charge in [0, 0.05) is 45.0 Å². The van der Waals surface area contributed by atoms with E-state index in [0.29, 0.717) is 49.0 Å². The maximum atomic E-state index is 12.7. The Kier molecular flexibility index (Phi) is 4.77. The molecule has 1 fully saturated rings. The molecule has 0 aliphatic carbocycles. The highest BCUT2D eigenvalue weighted by Gasteiger charge is 2.28. The highest BCUT2D eigenvalue weighted by Crippen LogP contribution is 2.17. The number of sulfonamides is 1. The van der Waals surface area contributed by atoms with Gasteiger partial charge in [-0.15, -0.1) is 0 Å². The summed E-state index contributed by atoms with van der Waals surface area (Å²) < 4.78 is 28.4. The third-order valence-electron chi connectivity index (χ3n) is 4.72. The van der Waals surface area contributed by atoms with Crippen LogP contribution in [-0.4, -0.2) is 53.2 Å². The molecule has 3 aromatic rings. The molecule has 1 aromatic carbocycles. The number of pyridine rings is 1. The van der Waals surface area contributed by atoms with E-state index in [1.165, 1.54) is 8.71 Å². The van der Waals surface area contributed by atoms with E-state index in [9.17, 15) is 13.2 Å². The van der Waals surface area contributed by atoms with Crippen molar-refractivity contribution in [1.29, 1.82) is 0 Å². The molecule has 2 aromatic heterocycles. The molecule has 0 radical (unpaired) electrons. The lowest BCUT2D eigenvalue weighted by Crippen LogP contribution is -2.48. The number of piperazine rings is 1. The number of nitrogens with zero attached hydrogens (tertiary/aromatic N) is 4. The SMILES string of the molecule is O=c1cc(CN2CCN(S(=O)(=O)c3ccccc3)CC2)nc2ccccn12. The topological polar surface area (TPSA) is 75.0 Å². The second kappa shape index (κ2) is 7.22. The summed E-state index contributed by atoms with van der Waals surface area (Å²) >= 11 is 0. The fraction of sp³-hybridized carbons (Fsp3) is 0.263. The average Bonchev–Trinajstić information content (AvgIpc) is 2.69. The Balaban J connectivity index is 1.45. The van der Waals surface area contributed by atoms with Crippen LogP contribution in [-0.2, 0) is 16.6 Å². The van der Waals surface area contributed by atoms with Gasteiger partial charge in [-0.3, -0.25) is 14.1 Å². The van der Waals surface area contributed by atoms with Crippen LogP contribution in [0.25, 0.3) is 5.65 Å². The molecule has 1 aliphatic heterocycles. The smallest absolute Gasteiger partial charge is 0.258 e. The number of aromatic nitrogens is 2. The maximum absolute atomic E-state index is 12.7. The van der Waals surface area contributed by atoms with E-state index < -0.39 is 10.0 Å². The van der Waals surface area contributed by atoms with Gasteiger partial charge < -0.3 is 0 Å². The number of rotatable bonds is 4. The summed E-state index contributed by atoms with van der Waals surface area (Å²) in [6.45, 7) is 2.57. The van der Waals surface area contributed by atoms with Crippen LogP contribution in [0.1, 0.15) is 5.69 Å². The minimum absolute atomic E-state index is 0.110. The van der Waals surface area contributed by atoms with Gasteiger partial charge in [-0.1, -0.05) is 24.3 Å². The summed E-state index contributed by atoms with van der Waals surface area (Å²) in [6.07, 6.45) is 1.70. The molecule has 0 spiro atoms. The van der Waals surface area contributed by atoms with Gasteiger partial charge in [0.2, 0.25) is 10.0 Å². The first kappa shape index (κ1) is 17.8. The number of hydrogen-bond acceptors (Lipinski definition) is 5. The van der Waals surface area contributed by atoms with Crippen molar-refractivity contribution in [2.75, 3.05) is 26.2 Å². The van der Waals surface area contributed by atoms with Crippen molar-refractivity contribution < 1.29 is 8.42 Å². The van der Waals surface area contributed by atoms with Crippen LogP contribution in [0.2, 0.25) is 0 Å². The number of benzene rings is 1. The van der Waals surface area contributed by atoms with Crippen molar-refractivity contribution in [1.82, 2.24) is 18.6 Å². The molecule has 7 nitrogen and oxygen atoms in total. The van der Waals surface area contributed by atoms with E-state index >= 15 is 0 Å². The molecule has 140 valence electrons. The van der Waals surface area contributed by atoms with Crippen molar-refractivity contribution in [3.63, 3.8) is 0 Å². The summed E-state index contributed by atoms with van der Waals surface area (Å²) in [7, 11) is -3.46. The molecular weight excluding hydrogens is 364 g/mol. The lowest BCUT2D eigenvalue weighted by Gasteiger charge is -2.33. The van der Waals surface area contributed by atoms with Crippen LogP contribution in [0.4, 0.5) is 0 Å². The molecule has 0 atom stereocenters. The van der Waals surface area contributed by atoms with Gasteiger partial charge in [0.05, 0.1) is 10.6 Å². The monoisotopic (exact) mass is 384 g/mol. The molecule has 0 bridgehead atoms. The van der Waals surface area contributed by atoms with E-state index in [4.69, 9.17) is 0 Å². The van der Waals surface area contributed by atoms with Crippen molar-refractivity contribution in [3.05, 3.63) is 76.8 Å². The molecule has 0 amide bonds. The molecule has 1 aliphatic rings. The third kappa shape index (κ3) is 3.64. The van der Waals surface area contributed by atoms with Crippen LogP contribution in [0.15, 0.2) is 70.5 Å². The van der Waals surface area contributed by atoms with Crippen molar-refractivity contribution in [2.45, 2.75) is 11.4 Å². The third-order valence-corrected chi connectivity index (χ3v) is 6.63. The molecule has 8 heteroatoms. The summed E-state index contributed by atoms with van der Waals surface area (Å²) in [4.78, 5) is 19.2. The first-order valence-electron chi connectivity index (χ1n) is 8.79. The Morgan fingerprint density at radius 2 is 1.63 bits per heavy atom. The van der Waals surface area contributed by atoms with Crippen LogP contribution >= 0.6 is 0 Å². The molecule has 1 saturated heterocycles. The molecule has 0 unspecified atom stereocenters. The average molecular weight is 384 g/mol. The Labute approximate surface area is 157 Å². The molecule has 3 heterocycles. The van der Waals surface area contributed by atoms with Gasteiger partial charge >= 0.3 is 0 Å². The normalized spacial score (nSPS) is 16.6. The lowest BCUT2D eigenvalue weighted by molar-refractivity contribution is 0.180. The lowest BCUT2D eigenvalue weighted by atomic mass is 10.3. The Morgan fingerprint density at radius 1 is 0.926 bits per heavy atom. The van der Waals surface area contributed by atoms with Crippen LogP contribution in [0, 0.1) is 0 Å². The molecule has 4 rings (SSSR count). The molecule has 0 saturated carbocycles. The minimum Gasteiger partial charge on any atom is -0.295 e. The van der Waals surface area contributed by atoms with Gasteiger partial charge in [-0.2, -0.15) is 4.31 Å². The minimum atomic E-state index is -3.46. The second-order valence-corrected chi connectivity index (χ2v) is 8.45. The predicted molar refractivity (Wildman–Crippen MR) is 102 cm³/mol. The largest absolute Gasteiger partial charge is 0.295 e. The standard InChI is InChI=1S/C19H20N4O3S/c24-19-14-16(20-18-8-4-5-9-23(18)19)15-21-10-12-22(13-11-21)27(25,26)17-6-2-1-3-7-17/h1-9,14H,10-13,15H2. The van der Waals surface area contributed by atoms with E-state index in [0.717, 1.165) is 0 Å². The number of hydrogen-bond donors (Lipinski definition) is 0. The Bertz CT molecular complexity index is 1100. The summed E-state index contributed by atoms with van der Waals surface area (Å²) in [5.41, 5.74) is 1.21. The zero-order chi connectivity index (χ0) is 18.9. The van der Waals surface area contributed by atoms with Gasteiger partial charge in [0.15, 0.2) is 0 Å². The fourth-order valence-electron chi connectivity index (χ4n) is 3.28. The van der Waals surface area contributed by atoms with Crippen LogP contribution in [0.5, 0.6) is 0 Å². The molecule has 27 heavy (non-hydrogen) atoms. The fourth-order valence-corrected chi connectivity index (χ4v) is 4.73. The second-order valence-electron chi connectivity index (χ2n) is 6.51. The molecular formula is C19H20N4O3S. The van der Waals surface area contributed by atoms with Crippen molar-refractivity contribution in [2.24, 2.45) is 0 Å². The summed E-state index contributed by atoms with van der Waals surface area (Å²) in [5.74, 6) is 0. The zero-order valence-electron chi connectivity index (χ0n) is 14.7. The first-order valence-corrected chi connectivity index (χ1v) is 10.2. The quantitative estimate of drug-likeness (QED) is 0.676. The van der Waals surface area contributed by atoms with Crippen LogP contribution in [0.3, 0.4) is 0 Å². The highest BCUT2D eigenvalue weighted by molar-refractivity contribution is 7.89. The molecule has 0 N–H and O–H groups in total. The van der Waals surface area contributed by atoms with Crippen molar-refractivity contribution >= 4 is 15.7 Å². The van der Waals surface area contributed by atoms with E-state index in [1.54, 1.807) is 54.7 Å². The maximum Gasteiger partial charge on any atom is 0.258 e. The van der Waals surface area contributed by atoms with E-state index in [-0.39, 0.29) is 5.56 Å². The Morgan fingerprint density at radius 3 is 2.37 bits per heavy atom. The van der Waals surface area contributed by atoms with Gasteiger partial charge in [0.25, 0.3) is 5.56 Å². The predicted octanol–water partition coefficient (Wildman–Crippen LogP) is 1.20. The first-order chi connectivity index (χ1) is 13.0. The summed E-state index contributed by atoms with van der Waals surface area (Å²) in [5, 5.41) is 0. The van der Waals surface area contributed by atoms with Gasteiger partial charge in [-0.05, 0) is 24.3 Å². The van der Waals surface area contributed by atoms with Gasteiger partial charge in [-0.25, -0.2) is 13.4 Å². The Hall–Kier alpha value is -2.55.